The largest absolute Gasteiger partial charge is 0.395 e. The second kappa shape index (κ2) is 8.27. The first-order chi connectivity index (χ1) is 12.6. The summed E-state index contributed by atoms with van der Waals surface area (Å²) in [5, 5.41) is 9.53. The molecular formula is C20H20ClN3O2. The average Bonchev–Trinajstić information content (AvgIpc) is 2.62. The summed E-state index contributed by atoms with van der Waals surface area (Å²) < 4.78 is 0. The fourth-order valence-electron chi connectivity index (χ4n) is 2.73. The van der Waals surface area contributed by atoms with Gasteiger partial charge in [0.25, 0.3) is 5.56 Å². The Morgan fingerprint density at radius 1 is 1.15 bits per heavy atom. The van der Waals surface area contributed by atoms with Crippen molar-refractivity contribution in [3.05, 3.63) is 75.5 Å². The zero-order valence-corrected chi connectivity index (χ0v) is 15.2. The Hall–Kier alpha value is -2.47. The van der Waals surface area contributed by atoms with E-state index in [1.165, 1.54) is 6.07 Å². The van der Waals surface area contributed by atoms with Gasteiger partial charge in [0, 0.05) is 35.3 Å². The standard InChI is InChI=1S/C20H20ClN3O2/c1-24(10-11-25)13-14-6-8-15(9-7-14)20-22-18(12-19(26)23-20)16-4-2-3-5-17(16)21/h2-9,12,25H,10-11,13H2,1H3,(H,22,23,26). The smallest absolute Gasteiger partial charge is 0.251 e. The van der Waals surface area contributed by atoms with Crippen molar-refractivity contribution < 1.29 is 5.11 Å². The van der Waals surface area contributed by atoms with Crippen LogP contribution in [0.3, 0.4) is 0 Å². The van der Waals surface area contributed by atoms with E-state index in [4.69, 9.17) is 16.7 Å². The van der Waals surface area contributed by atoms with Gasteiger partial charge in [-0.3, -0.25) is 9.69 Å². The van der Waals surface area contributed by atoms with Crippen molar-refractivity contribution in [1.82, 2.24) is 14.9 Å². The number of halogens is 1. The van der Waals surface area contributed by atoms with Gasteiger partial charge in [0.1, 0.15) is 5.82 Å². The predicted octanol–water partition coefficient (Wildman–Crippen LogP) is 3.18. The molecule has 3 aromatic rings. The molecule has 0 aliphatic rings. The van der Waals surface area contributed by atoms with Crippen LogP contribution in [0, 0.1) is 0 Å². The molecule has 2 aromatic carbocycles. The lowest BCUT2D eigenvalue weighted by molar-refractivity contribution is 0.217. The number of aliphatic hydroxyl groups is 1. The summed E-state index contributed by atoms with van der Waals surface area (Å²) in [5.74, 6) is 0.502. The summed E-state index contributed by atoms with van der Waals surface area (Å²) in [5.41, 5.74) is 2.99. The first kappa shape index (κ1) is 18.3. The third kappa shape index (κ3) is 4.38. The van der Waals surface area contributed by atoms with Crippen LogP contribution in [0.4, 0.5) is 0 Å². The minimum atomic E-state index is -0.225. The zero-order valence-electron chi connectivity index (χ0n) is 14.4. The first-order valence-corrected chi connectivity index (χ1v) is 8.69. The van der Waals surface area contributed by atoms with Crippen LogP contribution in [0.5, 0.6) is 0 Å². The highest BCUT2D eigenvalue weighted by Gasteiger charge is 2.09. The van der Waals surface area contributed by atoms with Gasteiger partial charge in [-0.15, -0.1) is 0 Å². The number of aromatic nitrogens is 2. The average molecular weight is 370 g/mol. The van der Waals surface area contributed by atoms with Crippen LogP contribution < -0.4 is 5.56 Å². The van der Waals surface area contributed by atoms with E-state index in [0.717, 1.165) is 23.2 Å². The Balaban J connectivity index is 1.90. The quantitative estimate of drug-likeness (QED) is 0.700. The number of aromatic amines is 1. The highest BCUT2D eigenvalue weighted by molar-refractivity contribution is 6.33. The summed E-state index contributed by atoms with van der Waals surface area (Å²) >= 11 is 6.23. The molecule has 5 nitrogen and oxygen atoms in total. The molecule has 1 aromatic heterocycles. The van der Waals surface area contributed by atoms with Crippen LogP contribution in [0.2, 0.25) is 5.02 Å². The molecule has 0 unspecified atom stereocenters. The molecule has 134 valence electrons. The lowest BCUT2D eigenvalue weighted by Gasteiger charge is -2.15. The van der Waals surface area contributed by atoms with Gasteiger partial charge in [-0.2, -0.15) is 0 Å². The lowest BCUT2D eigenvalue weighted by Crippen LogP contribution is -2.21. The number of hydrogen-bond acceptors (Lipinski definition) is 4. The number of hydrogen-bond donors (Lipinski definition) is 2. The molecule has 0 aliphatic heterocycles. The molecule has 0 fully saturated rings. The molecule has 0 spiro atoms. The molecule has 0 bridgehead atoms. The molecule has 26 heavy (non-hydrogen) atoms. The van der Waals surface area contributed by atoms with E-state index in [2.05, 4.69) is 9.97 Å². The molecule has 6 heteroatoms. The van der Waals surface area contributed by atoms with Gasteiger partial charge in [-0.05, 0) is 18.7 Å². The fourth-order valence-corrected chi connectivity index (χ4v) is 2.96. The number of likely N-dealkylation sites (N-methyl/N-ethyl adjacent to an activating group) is 1. The molecule has 1 heterocycles. The van der Waals surface area contributed by atoms with Crippen LogP contribution in [-0.2, 0) is 6.54 Å². The van der Waals surface area contributed by atoms with Crippen molar-refractivity contribution in [3.63, 3.8) is 0 Å². The Bertz CT molecular complexity index is 938. The van der Waals surface area contributed by atoms with Gasteiger partial charge in [0.05, 0.1) is 12.3 Å². The van der Waals surface area contributed by atoms with Gasteiger partial charge in [0.15, 0.2) is 0 Å². The second-order valence-corrected chi connectivity index (χ2v) is 6.52. The van der Waals surface area contributed by atoms with E-state index in [9.17, 15) is 4.79 Å². The summed E-state index contributed by atoms with van der Waals surface area (Å²) in [4.78, 5) is 21.5. The SMILES string of the molecule is CN(CCO)Cc1ccc(-c2nc(-c3ccccc3Cl)cc(=O)[nH]2)cc1. The number of aliphatic hydroxyl groups excluding tert-OH is 1. The van der Waals surface area contributed by atoms with Crippen LogP contribution in [0.1, 0.15) is 5.56 Å². The van der Waals surface area contributed by atoms with E-state index >= 15 is 0 Å². The number of rotatable bonds is 6. The van der Waals surface area contributed by atoms with Crippen molar-refractivity contribution in [3.8, 4) is 22.6 Å². The Morgan fingerprint density at radius 3 is 2.58 bits per heavy atom. The fraction of sp³-hybridized carbons (Fsp3) is 0.200. The van der Waals surface area contributed by atoms with Gasteiger partial charge >= 0.3 is 0 Å². The van der Waals surface area contributed by atoms with Gasteiger partial charge in [-0.1, -0.05) is 54.1 Å². The van der Waals surface area contributed by atoms with Crippen molar-refractivity contribution in [2.75, 3.05) is 20.2 Å². The third-order valence-corrected chi connectivity index (χ3v) is 4.38. The number of nitrogens with one attached hydrogen (secondary N) is 1. The molecule has 2 N–H and O–H groups in total. The third-order valence-electron chi connectivity index (χ3n) is 4.05. The second-order valence-electron chi connectivity index (χ2n) is 6.12. The van der Waals surface area contributed by atoms with Crippen LogP contribution >= 0.6 is 11.6 Å². The molecule has 0 aliphatic carbocycles. The van der Waals surface area contributed by atoms with E-state index < -0.39 is 0 Å². The summed E-state index contributed by atoms with van der Waals surface area (Å²) in [6.45, 7) is 1.50. The van der Waals surface area contributed by atoms with Gasteiger partial charge in [0.2, 0.25) is 0 Å². The number of benzene rings is 2. The maximum absolute atomic E-state index is 12.1. The minimum absolute atomic E-state index is 0.134. The summed E-state index contributed by atoms with van der Waals surface area (Å²) in [6.07, 6.45) is 0. The van der Waals surface area contributed by atoms with E-state index in [0.29, 0.717) is 23.1 Å². The van der Waals surface area contributed by atoms with Crippen molar-refractivity contribution in [2.45, 2.75) is 6.54 Å². The molecule has 0 radical (unpaired) electrons. The molecule has 0 saturated carbocycles. The normalized spacial score (nSPS) is 11.1. The maximum Gasteiger partial charge on any atom is 0.251 e. The Morgan fingerprint density at radius 2 is 1.88 bits per heavy atom. The first-order valence-electron chi connectivity index (χ1n) is 8.32. The van der Waals surface area contributed by atoms with Crippen molar-refractivity contribution in [2.24, 2.45) is 0 Å². The minimum Gasteiger partial charge on any atom is -0.395 e. The molecule has 3 rings (SSSR count). The zero-order chi connectivity index (χ0) is 18.5. The lowest BCUT2D eigenvalue weighted by atomic mass is 10.1. The van der Waals surface area contributed by atoms with E-state index in [1.807, 2.05) is 54.4 Å². The van der Waals surface area contributed by atoms with Gasteiger partial charge in [-0.25, -0.2) is 4.98 Å². The number of nitrogens with zero attached hydrogens (tertiary/aromatic N) is 2. The van der Waals surface area contributed by atoms with Crippen LogP contribution in [-0.4, -0.2) is 40.2 Å². The van der Waals surface area contributed by atoms with Crippen molar-refractivity contribution in [1.29, 1.82) is 0 Å². The molecule has 0 atom stereocenters. The summed E-state index contributed by atoms with van der Waals surface area (Å²) in [7, 11) is 1.95. The van der Waals surface area contributed by atoms with Crippen LogP contribution in [0.15, 0.2) is 59.4 Å². The van der Waals surface area contributed by atoms with Crippen molar-refractivity contribution >= 4 is 11.6 Å². The van der Waals surface area contributed by atoms with E-state index in [1.54, 1.807) is 6.07 Å². The van der Waals surface area contributed by atoms with Gasteiger partial charge < -0.3 is 10.1 Å². The molecular weight excluding hydrogens is 350 g/mol. The molecule has 0 amide bonds. The highest BCUT2D eigenvalue weighted by atomic mass is 35.5. The summed E-state index contributed by atoms with van der Waals surface area (Å²) in [6, 6.07) is 16.6. The van der Waals surface area contributed by atoms with E-state index in [-0.39, 0.29) is 12.2 Å². The predicted molar refractivity (Wildman–Crippen MR) is 104 cm³/mol. The Kier molecular flexibility index (Phi) is 5.83. The monoisotopic (exact) mass is 369 g/mol. The maximum atomic E-state index is 12.1. The molecule has 0 saturated heterocycles. The number of H-pyrrole nitrogens is 1. The van der Waals surface area contributed by atoms with Crippen LogP contribution in [0.25, 0.3) is 22.6 Å². The Labute approximate surface area is 156 Å². The topological polar surface area (TPSA) is 69.2 Å². The highest BCUT2D eigenvalue weighted by Crippen LogP contribution is 2.26.